The fraction of sp³-hybridized carbons (Fsp3) is 0.583. The summed E-state index contributed by atoms with van der Waals surface area (Å²) in [5.74, 6) is 0. The van der Waals surface area contributed by atoms with Crippen molar-refractivity contribution in [1.29, 1.82) is 0 Å². The number of aromatic nitrogens is 1. The van der Waals surface area contributed by atoms with E-state index in [4.69, 9.17) is 5.73 Å². The van der Waals surface area contributed by atoms with Gasteiger partial charge in [-0.15, -0.1) is 0 Å². The topological polar surface area (TPSA) is 42.1 Å². The lowest BCUT2D eigenvalue weighted by atomic mass is 10.1. The van der Waals surface area contributed by atoms with Crippen molar-refractivity contribution in [2.24, 2.45) is 5.73 Å². The van der Waals surface area contributed by atoms with E-state index in [-0.39, 0.29) is 6.54 Å². The Hall–Kier alpha value is -1.14. The van der Waals surface area contributed by atoms with E-state index in [1.165, 1.54) is 4.90 Å². The van der Waals surface area contributed by atoms with Crippen LogP contribution in [0.1, 0.15) is 24.9 Å². The molecule has 0 radical (unpaired) electrons. The fourth-order valence-corrected chi connectivity index (χ4v) is 1.94. The van der Waals surface area contributed by atoms with Gasteiger partial charge >= 0.3 is 6.18 Å². The minimum absolute atomic E-state index is 0.153. The summed E-state index contributed by atoms with van der Waals surface area (Å²) < 4.78 is 37.6. The van der Waals surface area contributed by atoms with Crippen molar-refractivity contribution >= 4 is 0 Å². The maximum Gasteiger partial charge on any atom is 0.401 e. The first-order valence-electron chi connectivity index (χ1n) is 5.88. The Bertz CT molecular complexity index is 340. The van der Waals surface area contributed by atoms with Gasteiger partial charge in [-0.2, -0.15) is 13.2 Å². The lowest BCUT2D eigenvalue weighted by molar-refractivity contribution is -0.150. The first-order chi connectivity index (χ1) is 8.48. The van der Waals surface area contributed by atoms with Crippen LogP contribution in [0.5, 0.6) is 0 Å². The van der Waals surface area contributed by atoms with Crippen LogP contribution in [0.3, 0.4) is 0 Å². The number of pyridine rings is 1. The lowest BCUT2D eigenvalue weighted by Crippen LogP contribution is -2.40. The van der Waals surface area contributed by atoms with Gasteiger partial charge in [0.05, 0.1) is 6.54 Å². The molecule has 0 fully saturated rings. The van der Waals surface area contributed by atoms with Crippen LogP contribution in [0.4, 0.5) is 13.2 Å². The number of nitrogens with two attached hydrogens (primary N) is 1. The summed E-state index contributed by atoms with van der Waals surface area (Å²) in [6, 6.07) is 2.99. The summed E-state index contributed by atoms with van der Waals surface area (Å²) in [7, 11) is 0. The fourth-order valence-electron chi connectivity index (χ4n) is 1.94. The Balaban J connectivity index is 2.87. The van der Waals surface area contributed by atoms with Crippen molar-refractivity contribution in [3.05, 3.63) is 30.1 Å². The molecule has 3 nitrogen and oxygen atoms in total. The highest BCUT2D eigenvalue weighted by Gasteiger charge is 2.33. The maximum absolute atomic E-state index is 12.5. The maximum atomic E-state index is 12.5. The molecule has 0 amide bonds. The molecule has 0 spiro atoms. The number of nitrogens with zero attached hydrogens (tertiary/aromatic N) is 2. The smallest absolute Gasteiger partial charge is 0.329 e. The van der Waals surface area contributed by atoms with E-state index in [0.717, 1.165) is 5.56 Å². The van der Waals surface area contributed by atoms with Crippen molar-refractivity contribution in [3.63, 3.8) is 0 Å². The molecular formula is C12H18F3N3. The average Bonchev–Trinajstić information content (AvgIpc) is 2.29. The molecule has 0 aliphatic carbocycles. The average molecular weight is 261 g/mol. The Morgan fingerprint density at radius 2 is 1.94 bits per heavy atom. The number of rotatable bonds is 6. The van der Waals surface area contributed by atoms with Crippen molar-refractivity contribution in [1.82, 2.24) is 9.88 Å². The predicted octanol–water partition coefficient (Wildman–Crippen LogP) is 2.36. The molecule has 1 rings (SSSR count). The van der Waals surface area contributed by atoms with Crippen LogP contribution >= 0.6 is 0 Å². The van der Waals surface area contributed by atoms with E-state index in [1.54, 1.807) is 24.5 Å². The van der Waals surface area contributed by atoms with Crippen LogP contribution in [0.2, 0.25) is 0 Å². The highest BCUT2D eigenvalue weighted by atomic mass is 19.4. The Morgan fingerprint density at radius 1 is 1.33 bits per heavy atom. The van der Waals surface area contributed by atoms with Crippen LogP contribution < -0.4 is 5.73 Å². The third-order valence-corrected chi connectivity index (χ3v) is 2.65. The van der Waals surface area contributed by atoms with E-state index in [2.05, 4.69) is 4.98 Å². The highest BCUT2D eigenvalue weighted by Crippen LogP contribution is 2.25. The zero-order valence-electron chi connectivity index (χ0n) is 10.3. The highest BCUT2D eigenvalue weighted by molar-refractivity contribution is 5.15. The van der Waals surface area contributed by atoms with Crippen LogP contribution in [0.15, 0.2) is 24.5 Å². The molecular weight excluding hydrogens is 243 g/mol. The SMILES string of the molecule is CCCN(CC(F)(F)F)C(CN)c1ccncc1. The number of halogens is 3. The zero-order chi connectivity index (χ0) is 13.6. The molecule has 2 N–H and O–H groups in total. The molecule has 0 bridgehead atoms. The summed E-state index contributed by atoms with van der Waals surface area (Å²) in [5.41, 5.74) is 6.39. The number of hydrogen-bond donors (Lipinski definition) is 1. The largest absolute Gasteiger partial charge is 0.401 e. The number of hydrogen-bond acceptors (Lipinski definition) is 3. The summed E-state index contributed by atoms with van der Waals surface area (Å²) >= 11 is 0. The number of alkyl halides is 3. The molecule has 1 atom stereocenters. The molecule has 102 valence electrons. The second-order valence-electron chi connectivity index (χ2n) is 4.12. The van der Waals surface area contributed by atoms with E-state index >= 15 is 0 Å². The molecule has 6 heteroatoms. The summed E-state index contributed by atoms with van der Waals surface area (Å²) in [6.07, 6.45) is -0.432. The monoisotopic (exact) mass is 261 g/mol. The molecule has 1 unspecified atom stereocenters. The molecule has 18 heavy (non-hydrogen) atoms. The second kappa shape index (κ2) is 6.70. The molecule has 0 aromatic carbocycles. The molecule has 0 saturated carbocycles. The quantitative estimate of drug-likeness (QED) is 0.854. The molecule has 0 saturated heterocycles. The minimum Gasteiger partial charge on any atom is -0.329 e. The summed E-state index contributed by atoms with van der Waals surface area (Å²) in [6.45, 7) is 1.43. The third kappa shape index (κ3) is 4.62. The van der Waals surface area contributed by atoms with Gasteiger partial charge in [0.25, 0.3) is 0 Å². The zero-order valence-corrected chi connectivity index (χ0v) is 10.3. The van der Waals surface area contributed by atoms with Crippen molar-refractivity contribution in [2.75, 3.05) is 19.6 Å². The molecule has 0 aliphatic rings. The van der Waals surface area contributed by atoms with E-state index in [0.29, 0.717) is 13.0 Å². The van der Waals surface area contributed by atoms with Crippen molar-refractivity contribution in [3.8, 4) is 0 Å². The van der Waals surface area contributed by atoms with E-state index in [1.807, 2.05) is 6.92 Å². The second-order valence-corrected chi connectivity index (χ2v) is 4.12. The first kappa shape index (κ1) is 14.9. The van der Waals surface area contributed by atoms with Crippen LogP contribution in [-0.4, -0.2) is 35.7 Å². The summed E-state index contributed by atoms with van der Waals surface area (Å²) in [5, 5.41) is 0. The van der Waals surface area contributed by atoms with Gasteiger partial charge in [0.1, 0.15) is 0 Å². The van der Waals surface area contributed by atoms with Gasteiger partial charge in [0.15, 0.2) is 0 Å². The van der Waals surface area contributed by atoms with Crippen molar-refractivity contribution < 1.29 is 13.2 Å². The van der Waals surface area contributed by atoms with Gasteiger partial charge in [-0.25, -0.2) is 0 Å². The third-order valence-electron chi connectivity index (χ3n) is 2.65. The predicted molar refractivity (Wildman–Crippen MR) is 64.0 cm³/mol. The first-order valence-corrected chi connectivity index (χ1v) is 5.88. The molecule has 0 aliphatic heterocycles. The minimum atomic E-state index is -4.21. The van der Waals surface area contributed by atoms with Gasteiger partial charge < -0.3 is 5.73 Å². The van der Waals surface area contributed by atoms with Gasteiger partial charge in [-0.3, -0.25) is 9.88 Å². The normalized spacial score (nSPS) is 13.9. The van der Waals surface area contributed by atoms with E-state index < -0.39 is 18.8 Å². The van der Waals surface area contributed by atoms with Gasteiger partial charge in [0.2, 0.25) is 0 Å². The van der Waals surface area contributed by atoms with Gasteiger partial charge in [-0.05, 0) is 30.7 Å². The van der Waals surface area contributed by atoms with Gasteiger partial charge in [-0.1, -0.05) is 6.92 Å². The van der Waals surface area contributed by atoms with Crippen LogP contribution in [-0.2, 0) is 0 Å². The lowest BCUT2D eigenvalue weighted by Gasteiger charge is -2.31. The van der Waals surface area contributed by atoms with Gasteiger partial charge in [0, 0.05) is 25.0 Å². The van der Waals surface area contributed by atoms with Crippen molar-refractivity contribution in [2.45, 2.75) is 25.6 Å². The Labute approximate surface area is 105 Å². The summed E-state index contributed by atoms with van der Waals surface area (Å²) in [4.78, 5) is 5.23. The molecule has 1 aromatic rings. The Kier molecular flexibility index (Phi) is 5.55. The Morgan fingerprint density at radius 3 is 2.39 bits per heavy atom. The molecule has 1 heterocycles. The standard InChI is InChI=1S/C12H18F3N3/c1-2-7-18(9-12(13,14)15)11(8-16)10-3-5-17-6-4-10/h3-6,11H,2,7-9,16H2,1H3. The van der Waals surface area contributed by atoms with E-state index in [9.17, 15) is 13.2 Å². The van der Waals surface area contributed by atoms with Crippen LogP contribution in [0, 0.1) is 0 Å². The van der Waals surface area contributed by atoms with Crippen LogP contribution in [0.25, 0.3) is 0 Å². The molecule has 1 aromatic heterocycles.